The van der Waals surface area contributed by atoms with Gasteiger partial charge in [0.1, 0.15) is 0 Å². The van der Waals surface area contributed by atoms with Gasteiger partial charge in [-0.1, -0.05) is 72.4 Å². The summed E-state index contributed by atoms with van der Waals surface area (Å²) >= 11 is 1.29. The standard InChI is InChI=1S/C19H21N5OS/c20-18-21-19(23-22-18)26-14-17(25)24(13-16-9-5-2-6-10-16)12-11-15-7-3-1-4-8-15/h1-10H,11-14H2,(H3,20,21,22,23). The lowest BCUT2D eigenvalue weighted by atomic mass is 10.1. The highest BCUT2D eigenvalue weighted by Gasteiger charge is 2.15. The number of benzene rings is 2. The van der Waals surface area contributed by atoms with Gasteiger partial charge in [-0.2, -0.15) is 4.98 Å². The van der Waals surface area contributed by atoms with E-state index in [0.717, 1.165) is 12.0 Å². The van der Waals surface area contributed by atoms with Crippen LogP contribution in [0.5, 0.6) is 0 Å². The normalized spacial score (nSPS) is 10.6. The molecule has 3 N–H and O–H groups in total. The molecule has 134 valence electrons. The zero-order chi connectivity index (χ0) is 18.2. The van der Waals surface area contributed by atoms with E-state index in [1.54, 1.807) is 0 Å². The lowest BCUT2D eigenvalue weighted by Gasteiger charge is -2.23. The fourth-order valence-corrected chi connectivity index (χ4v) is 3.25. The average Bonchev–Trinajstić information content (AvgIpc) is 3.10. The molecule has 1 aromatic heterocycles. The van der Waals surface area contributed by atoms with Gasteiger partial charge in [-0.3, -0.25) is 4.79 Å². The van der Waals surface area contributed by atoms with Crippen molar-refractivity contribution < 1.29 is 4.79 Å². The molecule has 0 aliphatic rings. The van der Waals surface area contributed by atoms with Crippen LogP contribution in [0.3, 0.4) is 0 Å². The maximum Gasteiger partial charge on any atom is 0.233 e. The minimum Gasteiger partial charge on any atom is -0.368 e. The number of nitrogens with one attached hydrogen (secondary N) is 1. The smallest absolute Gasteiger partial charge is 0.233 e. The maximum atomic E-state index is 12.8. The number of aromatic amines is 1. The zero-order valence-electron chi connectivity index (χ0n) is 14.3. The van der Waals surface area contributed by atoms with E-state index in [0.29, 0.717) is 18.2 Å². The third kappa shape index (κ3) is 5.35. The molecule has 0 spiro atoms. The SMILES string of the molecule is Nc1nc(SCC(=O)N(CCc2ccccc2)Cc2ccccc2)n[nH]1. The Morgan fingerprint density at radius 2 is 1.69 bits per heavy atom. The van der Waals surface area contributed by atoms with Gasteiger partial charge in [0.15, 0.2) is 0 Å². The number of hydrogen-bond acceptors (Lipinski definition) is 5. The predicted molar refractivity (Wildman–Crippen MR) is 104 cm³/mol. The molecule has 26 heavy (non-hydrogen) atoms. The second-order valence-electron chi connectivity index (χ2n) is 5.83. The second-order valence-corrected chi connectivity index (χ2v) is 6.77. The molecule has 3 rings (SSSR count). The molecule has 0 saturated heterocycles. The van der Waals surface area contributed by atoms with Crippen LogP contribution in [0.25, 0.3) is 0 Å². The summed E-state index contributed by atoms with van der Waals surface area (Å²) in [5.41, 5.74) is 7.85. The Kier molecular flexibility index (Phi) is 6.27. The van der Waals surface area contributed by atoms with Crippen molar-refractivity contribution in [3.63, 3.8) is 0 Å². The fourth-order valence-electron chi connectivity index (χ4n) is 2.54. The number of anilines is 1. The number of amides is 1. The summed E-state index contributed by atoms with van der Waals surface area (Å²) in [7, 11) is 0. The number of H-pyrrole nitrogens is 1. The largest absolute Gasteiger partial charge is 0.368 e. The Balaban J connectivity index is 1.63. The van der Waals surface area contributed by atoms with Crippen LogP contribution >= 0.6 is 11.8 Å². The summed E-state index contributed by atoms with van der Waals surface area (Å²) in [5.74, 6) is 0.585. The summed E-state index contributed by atoms with van der Waals surface area (Å²) in [4.78, 5) is 18.7. The first-order valence-electron chi connectivity index (χ1n) is 8.37. The van der Waals surface area contributed by atoms with Crippen molar-refractivity contribution >= 4 is 23.6 Å². The van der Waals surface area contributed by atoms with Gasteiger partial charge in [-0.15, -0.1) is 5.10 Å². The Morgan fingerprint density at radius 1 is 1.04 bits per heavy atom. The third-order valence-electron chi connectivity index (χ3n) is 3.89. The molecule has 7 heteroatoms. The van der Waals surface area contributed by atoms with Gasteiger partial charge in [-0.05, 0) is 17.5 Å². The highest BCUT2D eigenvalue weighted by atomic mass is 32.2. The molecule has 0 fully saturated rings. The first-order chi connectivity index (χ1) is 12.7. The first kappa shape index (κ1) is 18.0. The molecule has 0 aliphatic carbocycles. The van der Waals surface area contributed by atoms with E-state index in [1.807, 2.05) is 53.4 Å². The lowest BCUT2D eigenvalue weighted by Crippen LogP contribution is -2.33. The van der Waals surface area contributed by atoms with Crippen LogP contribution in [-0.4, -0.2) is 38.3 Å². The minimum atomic E-state index is 0.0538. The van der Waals surface area contributed by atoms with Crippen molar-refractivity contribution in [1.29, 1.82) is 0 Å². The molecule has 6 nitrogen and oxygen atoms in total. The highest BCUT2D eigenvalue weighted by molar-refractivity contribution is 7.99. The number of aromatic nitrogens is 3. The van der Waals surface area contributed by atoms with Gasteiger partial charge in [-0.25, -0.2) is 5.10 Å². The van der Waals surface area contributed by atoms with E-state index in [4.69, 9.17) is 5.73 Å². The Morgan fingerprint density at radius 3 is 2.31 bits per heavy atom. The number of rotatable bonds is 8. The summed E-state index contributed by atoms with van der Waals surface area (Å²) in [6, 6.07) is 20.2. The van der Waals surface area contributed by atoms with Crippen molar-refractivity contribution in [1.82, 2.24) is 20.1 Å². The van der Waals surface area contributed by atoms with Gasteiger partial charge in [0.25, 0.3) is 0 Å². The molecule has 3 aromatic rings. The average molecular weight is 367 g/mol. The van der Waals surface area contributed by atoms with Gasteiger partial charge >= 0.3 is 0 Å². The van der Waals surface area contributed by atoms with Crippen LogP contribution in [0.2, 0.25) is 0 Å². The molecule has 0 unspecified atom stereocenters. The van der Waals surface area contributed by atoms with Gasteiger partial charge in [0.05, 0.1) is 5.75 Å². The number of nitrogen functional groups attached to an aromatic ring is 1. The lowest BCUT2D eigenvalue weighted by molar-refractivity contribution is -0.128. The molecular formula is C19H21N5OS. The molecule has 2 aromatic carbocycles. The quantitative estimate of drug-likeness (QED) is 0.598. The summed E-state index contributed by atoms with van der Waals surface area (Å²) in [6.07, 6.45) is 0.817. The van der Waals surface area contributed by atoms with Crippen molar-refractivity contribution in [2.75, 3.05) is 18.0 Å². The predicted octanol–water partition coefficient (Wildman–Crippen LogP) is 2.75. The van der Waals surface area contributed by atoms with E-state index in [-0.39, 0.29) is 17.6 Å². The molecule has 0 aliphatic heterocycles. The number of carbonyl (C=O) groups is 1. The summed E-state index contributed by atoms with van der Waals surface area (Å²) < 4.78 is 0. The van der Waals surface area contributed by atoms with Crippen LogP contribution in [0.1, 0.15) is 11.1 Å². The van der Waals surface area contributed by atoms with Gasteiger partial charge < -0.3 is 10.6 Å². The highest BCUT2D eigenvalue weighted by Crippen LogP contribution is 2.15. The first-order valence-corrected chi connectivity index (χ1v) is 9.35. The van der Waals surface area contributed by atoms with Crippen molar-refractivity contribution in [2.45, 2.75) is 18.1 Å². The van der Waals surface area contributed by atoms with E-state index in [2.05, 4.69) is 27.3 Å². The fraction of sp³-hybridized carbons (Fsp3) is 0.211. The second kappa shape index (κ2) is 9.05. The summed E-state index contributed by atoms with van der Waals surface area (Å²) in [5, 5.41) is 7.02. The number of hydrogen-bond donors (Lipinski definition) is 2. The summed E-state index contributed by atoms with van der Waals surface area (Å²) in [6.45, 7) is 1.25. The van der Waals surface area contributed by atoms with Crippen molar-refractivity contribution in [2.24, 2.45) is 0 Å². The molecule has 0 atom stereocenters. The van der Waals surface area contributed by atoms with E-state index < -0.39 is 0 Å². The van der Waals surface area contributed by atoms with Crippen LogP contribution in [0.4, 0.5) is 5.95 Å². The number of carbonyl (C=O) groups excluding carboxylic acids is 1. The zero-order valence-corrected chi connectivity index (χ0v) is 15.2. The van der Waals surface area contributed by atoms with Crippen LogP contribution in [0, 0.1) is 0 Å². The van der Waals surface area contributed by atoms with E-state index in [9.17, 15) is 4.79 Å². The van der Waals surface area contributed by atoms with E-state index in [1.165, 1.54) is 17.3 Å². The van der Waals surface area contributed by atoms with Gasteiger partial charge in [0, 0.05) is 13.1 Å². The number of nitrogens with two attached hydrogens (primary N) is 1. The molecule has 1 heterocycles. The Hall–Kier alpha value is -2.80. The van der Waals surface area contributed by atoms with Crippen LogP contribution in [0.15, 0.2) is 65.8 Å². The van der Waals surface area contributed by atoms with E-state index >= 15 is 0 Å². The Bertz CT molecular complexity index is 822. The number of thioether (sulfide) groups is 1. The topological polar surface area (TPSA) is 87.9 Å². The molecule has 0 saturated carbocycles. The van der Waals surface area contributed by atoms with Crippen LogP contribution in [-0.2, 0) is 17.8 Å². The molecular weight excluding hydrogens is 346 g/mol. The monoisotopic (exact) mass is 367 g/mol. The van der Waals surface area contributed by atoms with Crippen molar-refractivity contribution in [3.8, 4) is 0 Å². The molecule has 1 amide bonds. The maximum absolute atomic E-state index is 12.8. The third-order valence-corrected chi connectivity index (χ3v) is 4.72. The minimum absolute atomic E-state index is 0.0538. The molecule has 0 radical (unpaired) electrons. The number of nitrogens with zero attached hydrogens (tertiary/aromatic N) is 3. The van der Waals surface area contributed by atoms with Crippen molar-refractivity contribution in [3.05, 3.63) is 71.8 Å². The van der Waals surface area contributed by atoms with Gasteiger partial charge in [0.2, 0.25) is 17.0 Å². The molecule has 0 bridgehead atoms. The Labute approximate surface area is 156 Å². The van der Waals surface area contributed by atoms with Crippen LogP contribution < -0.4 is 5.73 Å².